The largest absolute Gasteiger partial charge is 0.402 e. The predicted octanol–water partition coefficient (Wildman–Crippen LogP) is 4.31. The molecule has 0 saturated heterocycles. The molecule has 0 fully saturated rings. The van der Waals surface area contributed by atoms with Gasteiger partial charge in [-0.1, -0.05) is 30.8 Å². The highest BCUT2D eigenvalue weighted by Crippen LogP contribution is 2.34. The molecule has 24 heavy (non-hydrogen) atoms. The third kappa shape index (κ3) is 4.20. The van der Waals surface area contributed by atoms with Gasteiger partial charge in [-0.2, -0.15) is 8.78 Å². The molecule has 1 aromatic rings. The number of nitrogens with two attached hydrogens (primary N) is 1. The third-order valence-corrected chi connectivity index (χ3v) is 3.66. The standard InChI is InChI=1S/C17H17ClF3N3/c1-9(22)6-15-23-10(2)12(16(24-15)17(3,20)21)7-11-4-5-14(19)13(18)8-11/h4-5,8H,1-2,6-7,22H2,3H3,(H,23,24). The first-order valence-electron chi connectivity index (χ1n) is 7.10. The van der Waals surface area contributed by atoms with Gasteiger partial charge in [0.2, 0.25) is 0 Å². The molecule has 0 atom stereocenters. The number of halogens is 4. The van der Waals surface area contributed by atoms with Gasteiger partial charge in [-0.15, -0.1) is 0 Å². The van der Waals surface area contributed by atoms with E-state index in [-0.39, 0.29) is 29.3 Å². The zero-order valence-corrected chi connectivity index (χ0v) is 13.9. The second kappa shape index (κ2) is 6.73. The Morgan fingerprint density at radius 1 is 1.42 bits per heavy atom. The van der Waals surface area contributed by atoms with Crippen molar-refractivity contribution in [2.75, 3.05) is 0 Å². The van der Waals surface area contributed by atoms with E-state index in [0.29, 0.717) is 17.0 Å². The number of alkyl halides is 2. The fourth-order valence-corrected chi connectivity index (χ4v) is 2.53. The van der Waals surface area contributed by atoms with Gasteiger partial charge in [-0.3, -0.25) is 0 Å². The molecule has 2 rings (SSSR count). The van der Waals surface area contributed by atoms with Crippen LogP contribution in [0.5, 0.6) is 0 Å². The lowest BCUT2D eigenvalue weighted by Gasteiger charge is -2.26. The molecule has 3 nitrogen and oxygen atoms in total. The first-order chi connectivity index (χ1) is 11.1. The summed E-state index contributed by atoms with van der Waals surface area (Å²) in [4.78, 5) is 3.99. The summed E-state index contributed by atoms with van der Waals surface area (Å²) in [6, 6.07) is 4.06. The minimum absolute atomic E-state index is 0.0732. The van der Waals surface area contributed by atoms with Crippen LogP contribution in [-0.2, 0) is 6.42 Å². The van der Waals surface area contributed by atoms with Crippen LogP contribution in [0.15, 0.2) is 59.0 Å². The molecular weight excluding hydrogens is 339 g/mol. The zero-order chi connectivity index (χ0) is 18.1. The Bertz CT molecular complexity index is 761. The molecule has 0 unspecified atom stereocenters. The molecule has 0 amide bonds. The molecular formula is C17H17ClF3N3. The van der Waals surface area contributed by atoms with E-state index < -0.39 is 17.4 Å². The van der Waals surface area contributed by atoms with Gasteiger partial charge < -0.3 is 11.1 Å². The average Bonchev–Trinajstić information content (AvgIpc) is 2.43. The Hall–Kier alpha value is -2.21. The van der Waals surface area contributed by atoms with Crippen LogP contribution < -0.4 is 11.1 Å². The molecule has 0 aliphatic carbocycles. The van der Waals surface area contributed by atoms with Gasteiger partial charge in [0.15, 0.2) is 0 Å². The van der Waals surface area contributed by atoms with Gasteiger partial charge in [0, 0.05) is 36.7 Å². The van der Waals surface area contributed by atoms with Crippen molar-refractivity contribution in [2.45, 2.75) is 25.7 Å². The van der Waals surface area contributed by atoms with E-state index in [4.69, 9.17) is 17.3 Å². The monoisotopic (exact) mass is 355 g/mol. The fraction of sp³-hybridized carbons (Fsp3) is 0.235. The molecule has 0 aromatic heterocycles. The average molecular weight is 356 g/mol. The molecule has 0 bridgehead atoms. The first-order valence-corrected chi connectivity index (χ1v) is 7.48. The van der Waals surface area contributed by atoms with Crippen LogP contribution >= 0.6 is 11.6 Å². The molecule has 128 valence electrons. The van der Waals surface area contributed by atoms with Crippen molar-refractivity contribution in [3.05, 3.63) is 70.4 Å². The van der Waals surface area contributed by atoms with Crippen LogP contribution in [0.3, 0.4) is 0 Å². The highest BCUT2D eigenvalue weighted by atomic mass is 35.5. The molecule has 0 spiro atoms. The van der Waals surface area contributed by atoms with Crippen LogP contribution in [-0.4, -0.2) is 11.8 Å². The van der Waals surface area contributed by atoms with E-state index in [9.17, 15) is 13.2 Å². The zero-order valence-electron chi connectivity index (χ0n) is 13.1. The normalized spacial score (nSPS) is 15.2. The summed E-state index contributed by atoms with van der Waals surface area (Å²) in [5, 5.41) is 2.79. The Labute approximate surface area is 143 Å². The Morgan fingerprint density at radius 2 is 2.08 bits per heavy atom. The predicted molar refractivity (Wildman–Crippen MR) is 90.4 cm³/mol. The smallest absolute Gasteiger partial charge is 0.287 e. The summed E-state index contributed by atoms with van der Waals surface area (Å²) in [6.07, 6.45) is 0.221. The maximum absolute atomic E-state index is 14.0. The summed E-state index contributed by atoms with van der Waals surface area (Å²) in [5.74, 6) is -3.49. The van der Waals surface area contributed by atoms with E-state index in [2.05, 4.69) is 23.5 Å². The summed E-state index contributed by atoms with van der Waals surface area (Å²) >= 11 is 5.75. The lowest BCUT2D eigenvalue weighted by Crippen LogP contribution is -2.33. The maximum atomic E-state index is 14.0. The van der Waals surface area contributed by atoms with Crippen LogP contribution in [0.1, 0.15) is 18.9 Å². The number of hydrogen-bond acceptors (Lipinski definition) is 3. The molecule has 7 heteroatoms. The highest BCUT2D eigenvalue weighted by Gasteiger charge is 2.34. The Kier molecular flexibility index (Phi) is 5.08. The van der Waals surface area contributed by atoms with Crippen LogP contribution in [0, 0.1) is 5.82 Å². The molecule has 1 aliphatic rings. The number of allylic oxidation sites excluding steroid dienone is 2. The second-order valence-corrected chi connectivity index (χ2v) is 6.05. The summed E-state index contributed by atoms with van der Waals surface area (Å²) in [5.41, 5.74) is 6.50. The van der Waals surface area contributed by atoms with Crippen molar-refractivity contribution < 1.29 is 13.2 Å². The molecule has 1 heterocycles. The summed E-state index contributed by atoms with van der Waals surface area (Å²) in [7, 11) is 0. The number of benzene rings is 1. The van der Waals surface area contributed by atoms with Gasteiger partial charge in [0.25, 0.3) is 5.92 Å². The van der Waals surface area contributed by atoms with Crippen molar-refractivity contribution in [1.29, 1.82) is 0 Å². The number of hydrogen-bond donors (Lipinski definition) is 2. The van der Waals surface area contributed by atoms with Crippen LogP contribution in [0.25, 0.3) is 0 Å². The minimum Gasteiger partial charge on any atom is -0.402 e. The van der Waals surface area contributed by atoms with Crippen molar-refractivity contribution in [3.8, 4) is 0 Å². The molecule has 0 saturated carbocycles. The molecule has 1 aliphatic heterocycles. The van der Waals surface area contributed by atoms with Crippen molar-refractivity contribution >= 4 is 17.4 Å². The number of amidine groups is 1. The van der Waals surface area contributed by atoms with E-state index in [0.717, 1.165) is 6.92 Å². The lowest BCUT2D eigenvalue weighted by molar-refractivity contribution is 0.0605. The van der Waals surface area contributed by atoms with E-state index >= 15 is 0 Å². The Balaban J connectivity index is 2.46. The van der Waals surface area contributed by atoms with Gasteiger partial charge >= 0.3 is 0 Å². The maximum Gasteiger partial charge on any atom is 0.287 e. The van der Waals surface area contributed by atoms with Crippen molar-refractivity contribution in [1.82, 2.24) is 5.32 Å². The topological polar surface area (TPSA) is 50.4 Å². The SMILES string of the molecule is C=C(N)CC1=NC(C(C)(F)F)=C(Cc2ccc(F)c(Cl)c2)C(=C)N1. The summed E-state index contributed by atoms with van der Waals surface area (Å²) in [6.45, 7) is 8.09. The number of rotatable bonds is 5. The van der Waals surface area contributed by atoms with Gasteiger partial charge in [0.05, 0.1) is 5.02 Å². The number of nitrogens with zero attached hydrogens (tertiary/aromatic N) is 1. The van der Waals surface area contributed by atoms with Crippen LogP contribution in [0.2, 0.25) is 5.02 Å². The fourth-order valence-electron chi connectivity index (χ4n) is 2.33. The first kappa shape index (κ1) is 18.1. The summed E-state index contributed by atoms with van der Waals surface area (Å²) < 4.78 is 41.3. The van der Waals surface area contributed by atoms with Gasteiger partial charge in [0.1, 0.15) is 17.3 Å². The van der Waals surface area contributed by atoms with Crippen LogP contribution in [0.4, 0.5) is 13.2 Å². The molecule has 0 radical (unpaired) electrons. The van der Waals surface area contributed by atoms with E-state index in [1.54, 1.807) is 0 Å². The third-order valence-electron chi connectivity index (χ3n) is 3.37. The minimum atomic E-state index is -3.18. The molecule has 1 aromatic carbocycles. The van der Waals surface area contributed by atoms with Crippen molar-refractivity contribution in [3.63, 3.8) is 0 Å². The quantitative estimate of drug-likeness (QED) is 0.827. The molecule has 3 N–H and O–H groups in total. The van der Waals surface area contributed by atoms with E-state index in [1.165, 1.54) is 18.2 Å². The van der Waals surface area contributed by atoms with E-state index in [1.807, 2.05) is 0 Å². The second-order valence-electron chi connectivity index (χ2n) is 5.64. The van der Waals surface area contributed by atoms with Gasteiger partial charge in [-0.25, -0.2) is 9.38 Å². The van der Waals surface area contributed by atoms with Crippen molar-refractivity contribution in [2.24, 2.45) is 10.7 Å². The number of nitrogens with one attached hydrogen (secondary N) is 1. The van der Waals surface area contributed by atoms with Gasteiger partial charge in [-0.05, 0) is 17.7 Å². The Morgan fingerprint density at radius 3 is 2.62 bits per heavy atom. The highest BCUT2D eigenvalue weighted by molar-refractivity contribution is 6.30. The number of aliphatic imine (C=N–C) groups is 1. The lowest BCUT2D eigenvalue weighted by atomic mass is 9.97.